The number of hydrogen-bond donors (Lipinski definition) is 2. The summed E-state index contributed by atoms with van der Waals surface area (Å²) >= 11 is 0. The van der Waals surface area contributed by atoms with Crippen LogP contribution in [0.15, 0.2) is 66.9 Å². The summed E-state index contributed by atoms with van der Waals surface area (Å²) in [7, 11) is 1.61. The van der Waals surface area contributed by atoms with Gasteiger partial charge in [-0.2, -0.15) is 0 Å². The fraction of sp³-hybridized carbons (Fsp3) is 0.167. The third-order valence-corrected chi connectivity index (χ3v) is 4.84. The van der Waals surface area contributed by atoms with E-state index in [0.717, 1.165) is 11.4 Å². The molecule has 2 heterocycles. The van der Waals surface area contributed by atoms with E-state index in [1.807, 2.05) is 24.3 Å². The minimum atomic E-state index is -0.407. The number of aromatic nitrogens is 3. The molecule has 2 N–H and O–H groups in total. The Balaban J connectivity index is 1.47. The second-order valence-corrected chi connectivity index (χ2v) is 7.06. The van der Waals surface area contributed by atoms with Crippen molar-refractivity contribution in [2.45, 2.75) is 6.92 Å². The molecule has 0 aliphatic rings. The van der Waals surface area contributed by atoms with Crippen molar-refractivity contribution in [1.82, 2.24) is 14.6 Å². The van der Waals surface area contributed by atoms with Gasteiger partial charge in [0.05, 0.1) is 32.0 Å². The number of rotatable bonds is 9. The number of fused-ring (bicyclic) bond motifs is 1. The summed E-state index contributed by atoms with van der Waals surface area (Å²) in [5.41, 5.74) is 2.79. The van der Waals surface area contributed by atoms with Crippen LogP contribution in [-0.2, 0) is 4.74 Å². The van der Waals surface area contributed by atoms with Crippen molar-refractivity contribution in [1.29, 1.82) is 0 Å². The van der Waals surface area contributed by atoms with Crippen LogP contribution in [0.4, 0.5) is 17.2 Å². The lowest BCUT2D eigenvalue weighted by Crippen LogP contribution is -2.17. The second-order valence-electron chi connectivity index (χ2n) is 7.06. The summed E-state index contributed by atoms with van der Waals surface area (Å²) in [4.78, 5) is 29.0. The summed E-state index contributed by atoms with van der Waals surface area (Å²) in [5, 5.41) is 10.8. The lowest BCUT2D eigenvalue weighted by atomic mass is 10.2. The highest BCUT2D eigenvalue weighted by atomic mass is 16.5. The molecule has 0 saturated carbocycles. The van der Waals surface area contributed by atoms with E-state index in [1.54, 1.807) is 50.4 Å². The number of hydrogen-bond acceptors (Lipinski definition) is 8. The Kier molecular flexibility index (Phi) is 6.49. The third kappa shape index (κ3) is 5.09. The maximum atomic E-state index is 12.9. The molecule has 2 aromatic carbocycles. The molecule has 0 radical (unpaired) electrons. The molecule has 4 aromatic rings. The average Bonchev–Trinajstić information content (AvgIpc) is 3.27. The molecule has 4 rings (SSSR count). The largest absolute Gasteiger partial charge is 0.497 e. The number of nitrogens with zero attached hydrogens (tertiary/aromatic N) is 3. The highest BCUT2D eigenvalue weighted by Crippen LogP contribution is 2.19. The molecule has 0 aliphatic heterocycles. The molecule has 0 unspecified atom stereocenters. The van der Waals surface area contributed by atoms with Gasteiger partial charge in [0.1, 0.15) is 11.4 Å². The number of esters is 1. The Morgan fingerprint density at radius 1 is 1.03 bits per heavy atom. The highest BCUT2D eigenvalue weighted by Gasteiger charge is 2.14. The number of anilines is 3. The molecular weight excluding hydrogens is 422 g/mol. The molecule has 0 fully saturated rings. The van der Waals surface area contributed by atoms with Gasteiger partial charge < -0.3 is 20.1 Å². The molecular formula is C24H23N5O4. The fourth-order valence-electron chi connectivity index (χ4n) is 3.20. The number of methoxy groups -OCH3 is 1. The van der Waals surface area contributed by atoms with E-state index in [-0.39, 0.29) is 12.3 Å². The third-order valence-electron chi connectivity index (χ3n) is 4.84. The van der Waals surface area contributed by atoms with Gasteiger partial charge in [-0.25, -0.2) is 14.3 Å². The topological polar surface area (TPSA) is 107 Å². The van der Waals surface area contributed by atoms with Crippen LogP contribution in [0, 0.1) is 0 Å². The Morgan fingerprint density at radius 3 is 2.61 bits per heavy atom. The van der Waals surface area contributed by atoms with Gasteiger partial charge in [0.25, 0.3) is 0 Å². The van der Waals surface area contributed by atoms with Gasteiger partial charge in [-0.05, 0) is 61.5 Å². The first-order chi connectivity index (χ1) is 16.1. The molecule has 168 valence electrons. The standard InChI is InChI=1S/C24H23N5O4/c1-3-33-24(31)16-5-4-6-18(13-16)25-15-21(30)20-14-26-23-12-11-22(28-29(20)23)27-17-7-9-19(32-2)10-8-17/h4-14,25H,3,15H2,1-2H3,(H,27,28). The van der Waals surface area contributed by atoms with Crippen molar-refractivity contribution < 1.29 is 19.1 Å². The second kappa shape index (κ2) is 9.82. The number of ether oxygens (including phenoxy) is 2. The molecule has 0 atom stereocenters. The summed E-state index contributed by atoms with van der Waals surface area (Å²) in [6, 6.07) is 17.8. The number of nitrogens with one attached hydrogen (secondary N) is 2. The maximum absolute atomic E-state index is 12.9. The van der Waals surface area contributed by atoms with Crippen LogP contribution >= 0.6 is 0 Å². The van der Waals surface area contributed by atoms with Crippen LogP contribution in [0.3, 0.4) is 0 Å². The first-order valence-electron chi connectivity index (χ1n) is 10.4. The first-order valence-corrected chi connectivity index (χ1v) is 10.4. The molecule has 0 saturated heterocycles. The Labute approximate surface area is 190 Å². The summed E-state index contributed by atoms with van der Waals surface area (Å²) < 4.78 is 11.7. The van der Waals surface area contributed by atoms with E-state index in [2.05, 4.69) is 20.7 Å². The fourth-order valence-corrected chi connectivity index (χ4v) is 3.20. The molecule has 0 spiro atoms. The zero-order valence-electron chi connectivity index (χ0n) is 18.2. The molecule has 0 amide bonds. The van der Waals surface area contributed by atoms with E-state index in [0.29, 0.717) is 35.0 Å². The van der Waals surface area contributed by atoms with Crippen LogP contribution in [0.25, 0.3) is 5.65 Å². The SMILES string of the molecule is CCOC(=O)c1cccc(NCC(=O)c2cnc3ccc(Nc4ccc(OC)cc4)nn23)c1. The van der Waals surface area contributed by atoms with Gasteiger partial charge in [0.15, 0.2) is 11.5 Å². The number of Topliss-reactive ketones (excluding diaryl/α,β-unsaturated/α-hetero) is 1. The molecule has 9 nitrogen and oxygen atoms in total. The zero-order valence-corrected chi connectivity index (χ0v) is 18.2. The smallest absolute Gasteiger partial charge is 0.338 e. The van der Waals surface area contributed by atoms with Crippen molar-refractivity contribution in [3.63, 3.8) is 0 Å². The molecule has 9 heteroatoms. The maximum Gasteiger partial charge on any atom is 0.338 e. The van der Waals surface area contributed by atoms with Crippen molar-refractivity contribution in [3.8, 4) is 5.75 Å². The number of ketones is 1. The van der Waals surface area contributed by atoms with Crippen molar-refractivity contribution in [2.75, 3.05) is 30.9 Å². The molecule has 0 aliphatic carbocycles. The minimum Gasteiger partial charge on any atom is -0.497 e. The van der Waals surface area contributed by atoms with Gasteiger partial charge in [0.2, 0.25) is 5.78 Å². The van der Waals surface area contributed by atoms with Gasteiger partial charge >= 0.3 is 5.97 Å². The van der Waals surface area contributed by atoms with E-state index in [1.165, 1.54) is 10.7 Å². The lowest BCUT2D eigenvalue weighted by Gasteiger charge is -2.09. The number of carbonyl (C=O) groups is 2. The normalized spacial score (nSPS) is 10.6. The Morgan fingerprint density at radius 2 is 1.85 bits per heavy atom. The Hall–Kier alpha value is -4.40. The van der Waals surface area contributed by atoms with Crippen LogP contribution in [0.5, 0.6) is 5.75 Å². The number of imidazole rings is 1. The first kappa shape index (κ1) is 21.8. The number of benzene rings is 2. The van der Waals surface area contributed by atoms with Crippen molar-refractivity contribution in [2.24, 2.45) is 0 Å². The zero-order chi connectivity index (χ0) is 23.2. The van der Waals surface area contributed by atoms with Crippen molar-refractivity contribution >= 4 is 34.6 Å². The highest BCUT2D eigenvalue weighted by molar-refractivity contribution is 5.98. The van der Waals surface area contributed by atoms with Crippen molar-refractivity contribution in [3.05, 3.63) is 78.1 Å². The van der Waals surface area contributed by atoms with E-state index >= 15 is 0 Å². The predicted molar refractivity (Wildman–Crippen MR) is 124 cm³/mol. The van der Waals surface area contributed by atoms with Crippen LogP contribution in [0.2, 0.25) is 0 Å². The van der Waals surface area contributed by atoms with Gasteiger partial charge in [0, 0.05) is 11.4 Å². The summed E-state index contributed by atoms with van der Waals surface area (Å²) in [5.74, 6) is 0.718. The van der Waals surface area contributed by atoms with Gasteiger partial charge in [-0.3, -0.25) is 4.79 Å². The van der Waals surface area contributed by atoms with Gasteiger partial charge in [-0.1, -0.05) is 6.07 Å². The van der Waals surface area contributed by atoms with Crippen LogP contribution in [0.1, 0.15) is 27.8 Å². The monoisotopic (exact) mass is 445 g/mol. The molecule has 33 heavy (non-hydrogen) atoms. The lowest BCUT2D eigenvalue weighted by molar-refractivity contribution is 0.0526. The van der Waals surface area contributed by atoms with Gasteiger partial charge in [-0.15, -0.1) is 5.10 Å². The molecule has 0 bridgehead atoms. The van der Waals surface area contributed by atoms with E-state index < -0.39 is 5.97 Å². The number of carbonyl (C=O) groups excluding carboxylic acids is 2. The van der Waals surface area contributed by atoms with E-state index in [4.69, 9.17) is 9.47 Å². The Bertz CT molecular complexity index is 1280. The minimum absolute atomic E-state index is 0.0118. The van der Waals surface area contributed by atoms with E-state index in [9.17, 15) is 9.59 Å². The quantitative estimate of drug-likeness (QED) is 0.295. The molecule has 2 aromatic heterocycles. The summed E-state index contributed by atoms with van der Waals surface area (Å²) in [6.07, 6.45) is 1.50. The van der Waals surface area contributed by atoms with Crippen LogP contribution in [-0.4, -0.2) is 46.6 Å². The predicted octanol–water partition coefficient (Wildman–Crippen LogP) is 3.95. The average molecular weight is 445 g/mol. The summed E-state index contributed by atoms with van der Waals surface area (Å²) in [6.45, 7) is 2.06. The van der Waals surface area contributed by atoms with Crippen LogP contribution < -0.4 is 15.4 Å².